The molecule has 0 unspecified atom stereocenters. The van der Waals surface area contributed by atoms with E-state index in [4.69, 9.17) is 13.9 Å². The average molecular weight is 683 g/mol. The molecule has 6 heteroatoms. The van der Waals surface area contributed by atoms with E-state index in [0.717, 1.165) is 34.6 Å². The van der Waals surface area contributed by atoms with E-state index in [1.165, 1.54) is 12.0 Å². The van der Waals surface area contributed by atoms with E-state index in [9.17, 15) is 0 Å². The lowest BCUT2D eigenvalue weighted by Gasteiger charge is -2.42. The molecule has 4 aromatic carbocycles. The fourth-order valence-corrected chi connectivity index (χ4v) is 11.8. The molecule has 1 saturated heterocycles. The van der Waals surface area contributed by atoms with Crippen molar-refractivity contribution < 1.29 is 13.9 Å². The van der Waals surface area contributed by atoms with Gasteiger partial charge in [0.05, 0.1) is 29.5 Å². The van der Waals surface area contributed by atoms with Crippen molar-refractivity contribution in [1.82, 2.24) is 0 Å². The summed E-state index contributed by atoms with van der Waals surface area (Å²) >= 11 is 4.24. The largest absolute Gasteiger partial charge is 0.411 e. The zero-order valence-electron chi connectivity index (χ0n) is 28.6. The Morgan fingerprint density at radius 1 is 0.702 bits per heavy atom. The number of hydrogen-bond donors (Lipinski definition) is 0. The molecule has 6 rings (SSSR count). The van der Waals surface area contributed by atoms with Crippen LogP contribution in [-0.2, 0) is 26.1 Å². The molecule has 0 N–H and O–H groups in total. The molecule has 1 spiro atoms. The summed E-state index contributed by atoms with van der Waals surface area (Å²) in [4.78, 5) is 0. The second-order valence-corrected chi connectivity index (χ2v) is 22.3. The van der Waals surface area contributed by atoms with E-state index < -0.39 is 13.9 Å². The first-order chi connectivity index (χ1) is 22.6. The molecule has 4 aromatic rings. The van der Waals surface area contributed by atoms with E-state index in [1.807, 2.05) is 0 Å². The van der Waals surface area contributed by atoms with Gasteiger partial charge >= 0.3 is 0 Å². The van der Waals surface area contributed by atoms with Gasteiger partial charge in [0.25, 0.3) is 0 Å². The highest BCUT2D eigenvalue weighted by Gasteiger charge is 2.58. The molecule has 1 aliphatic carbocycles. The van der Waals surface area contributed by atoms with Crippen LogP contribution in [0.1, 0.15) is 55.9 Å². The molecule has 1 aliphatic heterocycles. The number of ether oxygens (including phenoxy) is 2. The van der Waals surface area contributed by atoms with Gasteiger partial charge < -0.3 is 13.9 Å². The van der Waals surface area contributed by atoms with E-state index in [0.29, 0.717) is 13.2 Å². The lowest BCUT2D eigenvalue weighted by molar-refractivity contribution is -0.0803. The molecule has 2 aliphatic rings. The van der Waals surface area contributed by atoms with Crippen molar-refractivity contribution in [3.8, 4) is 0 Å². The maximum absolute atomic E-state index is 7.58. The van der Waals surface area contributed by atoms with E-state index in [2.05, 4.69) is 179 Å². The molecular formula is C41H50O3S2Si. The predicted molar refractivity (Wildman–Crippen MR) is 203 cm³/mol. The Balaban J connectivity index is 1.43. The van der Waals surface area contributed by atoms with Gasteiger partial charge in [0, 0.05) is 5.92 Å². The fraction of sp³-hybridized carbons (Fsp3) is 0.415. The van der Waals surface area contributed by atoms with Gasteiger partial charge in [0.2, 0.25) is 0 Å². The molecule has 47 heavy (non-hydrogen) atoms. The highest BCUT2D eigenvalue weighted by Crippen LogP contribution is 2.59. The van der Waals surface area contributed by atoms with Crippen LogP contribution in [0.2, 0.25) is 18.1 Å². The van der Waals surface area contributed by atoms with E-state index in [-0.39, 0.29) is 27.2 Å². The van der Waals surface area contributed by atoms with Gasteiger partial charge in [-0.05, 0) is 64.7 Å². The van der Waals surface area contributed by atoms with Crippen LogP contribution in [0.25, 0.3) is 0 Å². The summed E-state index contributed by atoms with van der Waals surface area (Å²) in [6, 6.07) is 42.8. The summed E-state index contributed by atoms with van der Waals surface area (Å²) in [7, 11) is -2.09. The Morgan fingerprint density at radius 3 is 1.64 bits per heavy atom. The minimum atomic E-state index is -2.09. The fourth-order valence-electron chi connectivity index (χ4n) is 6.84. The molecule has 248 valence electrons. The Kier molecular flexibility index (Phi) is 10.8. The third kappa shape index (κ3) is 7.34. The van der Waals surface area contributed by atoms with Crippen molar-refractivity contribution in [2.75, 3.05) is 18.1 Å². The Bertz CT molecular complexity index is 1440. The van der Waals surface area contributed by atoms with Crippen LogP contribution in [0, 0.1) is 5.92 Å². The summed E-state index contributed by atoms with van der Waals surface area (Å²) in [5.74, 6) is 2.44. The molecule has 0 bridgehead atoms. The van der Waals surface area contributed by atoms with Crippen LogP contribution >= 0.6 is 23.5 Å². The van der Waals surface area contributed by atoms with Crippen LogP contribution in [0.15, 0.2) is 121 Å². The lowest BCUT2D eigenvalue weighted by Crippen LogP contribution is -2.47. The zero-order valence-corrected chi connectivity index (χ0v) is 31.2. The van der Waals surface area contributed by atoms with Crippen LogP contribution in [0.4, 0.5) is 0 Å². The second-order valence-electron chi connectivity index (χ2n) is 14.4. The Labute approximate surface area is 292 Å². The molecule has 1 heterocycles. The molecule has 0 amide bonds. The van der Waals surface area contributed by atoms with Crippen molar-refractivity contribution >= 4 is 31.8 Å². The SMILES string of the molecule is CC(C)(C)[Si](C)(C)O[C@H]1CC2(SCCCS2)[C@H](COC(c2ccccc2)(c2ccccc2)c2ccccc2)[C@H]1OCc1ccccc1. The second kappa shape index (κ2) is 14.7. The first-order valence-corrected chi connectivity index (χ1v) is 21.9. The van der Waals surface area contributed by atoms with Gasteiger partial charge in [0.1, 0.15) is 5.60 Å². The third-order valence-corrected chi connectivity index (χ3v) is 18.5. The summed E-state index contributed by atoms with van der Waals surface area (Å²) in [5.41, 5.74) is 3.80. The lowest BCUT2D eigenvalue weighted by atomic mass is 9.80. The highest BCUT2D eigenvalue weighted by molar-refractivity contribution is 8.18. The highest BCUT2D eigenvalue weighted by atomic mass is 32.2. The molecule has 3 atom stereocenters. The van der Waals surface area contributed by atoms with Crippen molar-refractivity contribution in [2.45, 2.75) is 80.2 Å². The zero-order chi connectivity index (χ0) is 33.0. The number of benzene rings is 4. The van der Waals surface area contributed by atoms with Gasteiger partial charge in [-0.2, -0.15) is 0 Å². The van der Waals surface area contributed by atoms with Crippen LogP contribution < -0.4 is 0 Å². The molecule has 0 aromatic heterocycles. The van der Waals surface area contributed by atoms with Gasteiger partial charge in [0.15, 0.2) is 8.32 Å². The maximum atomic E-state index is 7.58. The summed E-state index contributed by atoms with van der Waals surface area (Å²) in [6.07, 6.45) is 2.11. The van der Waals surface area contributed by atoms with Gasteiger partial charge in [-0.3, -0.25) is 0 Å². The quantitative estimate of drug-likeness (QED) is 0.116. The average Bonchev–Trinajstić information content (AvgIpc) is 3.35. The normalized spacial score (nSPS) is 21.6. The minimum Gasteiger partial charge on any atom is -0.411 e. The molecule has 2 fully saturated rings. The topological polar surface area (TPSA) is 27.7 Å². The Morgan fingerprint density at radius 2 is 1.17 bits per heavy atom. The number of rotatable bonds is 11. The predicted octanol–water partition coefficient (Wildman–Crippen LogP) is 10.6. The molecule has 3 nitrogen and oxygen atoms in total. The van der Waals surface area contributed by atoms with E-state index >= 15 is 0 Å². The molecular weight excluding hydrogens is 633 g/mol. The standard InChI is InChI=1S/C41H50O3S2Si/c1-39(2,3)47(4,5)44-37-29-40(45-27-18-28-46-40)36(38(37)42-30-32-19-10-6-11-20-32)31-43-41(33-21-12-7-13-22-33,34-23-14-8-15-24-34)35-25-16-9-17-26-35/h6-17,19-26,36-38H,18,27-31H2,1-5H3/t36-,37+,38-/m1/s1. The van der Waals surface area contributed by atoms with Crippen LogP contribution in [0.3, 0.4) is 0 Å². The first-order valence-electron chi connectivity index (χ1n) is 17.1. The summed E-state index contributed by atoms with van der Waals surface area (Å²) in [6.45, 7) is 12.9. The van der Waals surface area contributed by atoms with Crippen molar-refractivity contribution in [3.63, 3.8) is 0 Å². The van der Waals surface area contributed by atoms with Gasteiger partial charge in [-0.1, -0.05) is 142 Å². The van der Waals surface area contributed by atoms with Crippen LogP contribution in [-0.4, -0.2) is 42.7 Å². The van der Waals surface area contributed by atoms with Crippen LogP contribution in [0.5, 0.6) is 0 Å². The van der Waals surface area contributed by atoms with Gasteiger partial charge in [-0.15, -0.1) is 23.5 Å². The van der Waals surface area contributed by atoms with Crippen molar-refractivity contribution in [1.29, 1.82) is 0 Å². The van der Waals surface area contributed by atoms with Crippen molar-refractivity contribution in [3.05, 3.63) is 144 Å². The van der Waals surface area contributed by atoms with Gasteiger partial charge in [-0.25, -0.2) is 0 Å². The molecule has 0 radical (unpaired) electrons. The number of thioether (sulfide) groups is 2. The smallest absolute Gasteiger partial charge is 0.192 e. The minimum absolute atomic E-state index is 0.00544. The Hall–Kier alpha value is -2.32. The van der Waals surface area contributed by atoms with Crippen molar-refractivity contribution in [2.24, 2.45) is 5.92 Å². The maximum Gasteiger partial charge on any atom is 0.192 e. The third-order valence-electron chi connectivity index (χ3n) is 10.4. The number of hydrogen-bond acceptors (Lipinski definition) is 5. The summed E-state index contributed by atoms with van der Waals surface area (Å²) < 4.78 is 22.0. The summed E-state index contributed by atoms with van der Waals surface area (Å²) in [5, 5.41) is 0.106. The monoisotopic (exact) mass is 682 g/mol. The molecule has 1 saturated carbocycles. The van der Waals surface area contributed by atoms with E-state index in [1.54, 1.807) is 0 Å². The first kappa shape index (κ1) is 34.5.